The number of benzene rings is 2. The summed E-state index contributed by atoms with van der Waals surface area (Å²) >= 11 is 5.84. The summed E-state index contributed by atoms with van der Waals surface area (Å²) in [5, 5.41) is 0.0692. The fourth-order valence-electron chi connectivity index (χ4n) is 2.15. The Hall–Kier alpha value is -2.21. The van der Waals surface area contributed by atoms with E-state index in [1.54, 1.807) is 24.3 Å². The fourth-order valence-corrected chi connectivity index (χ4v) is 2.37. The van der Waals surface area contributed by atoms with E-state index in [0.29, 0.717) is 11.0 Å². The molecule has 1 aromatic heterocycles. The fraction of sp³-hybridized carbons (Fsp3) is 0.133. The van der Waals surface area contributed by atoms with Crippen molar-refractivity contribution < 1.29 is 17.9 Å². The first-order chi connectivity index (χ1) is 10.6. The lowest BCUT2D eigenvalue weighted by Crippen LogP contribution is -2.08. The average Bonchev–Trinajstić information content (AvgIpc) is 2.84. The lowest BCUT2D eigenvalue weighted by molar-refractivity contribution is 0.0677. The van der Waals surface area contributed by atoms with E-state index in [1.807, 2.05) is 0 Å². The van der Waals surface area contributed by atoms with Crippen molar-refractivity contribution >= 4 is 22.6 Å². The van der Waals surface area contributed by atoms with E-state index in [2.05, 4.69) is 4.98 Å². The van der Waals surface area contributed by atoms with Gasteiger partial charge in [-0.1, -0.05) is 23.7 Å². The number of para-hydroxylation sites is 2. The maximum absolute atomic E-state index is 13.2. The summed E-state index contributed by atoms with van der Waals surface area (Å²) in [6.07, 6.45) is 0. The lowest BCUT2D eigenvalue weighted by Gasteiger charge is -2.10. The Morgan fingerprint density at radius 3 is 2.68 bits per heavy atom. The second-order valence-electron chi connectivity index (χ2n) is 4.53. The summed E-state index contributed by atoms with van der Waals surface area (Å²) in [6, 6.07) is 10.2. The van der Waals surface area contributed by atoms with Gasteiger partial charge in [-0.05, 0) is 30.3 Å². The third-order valence-electron chi connectivity index (χ3n) is 3.11. The van der Waals surface area contributed by atoms with E-state index in [1.165, 1.54) is 12.1 Å². The standard InChI is InChI=1S/C15H10ClF3N2O/c16-10-7-9(17)5-6-13(10)22-8-14-20-11-3-1-2-4-12(11)21(14)15(18)19/h1-7,15H,8H2. The minimum Gasteiger partial charge on any atom is -0.484 e. The molecule has 7 heteroatoms. The largest absolute Gasteiger partial charge is 0.484 e. The molecular weight excluding hydrogens is 317 g/mol. The van der Waals surface area contributed by atoms with Gasteiger partial charge in [0.15, 0.2) is 5.82 Å². The van der Waals surface area contributed by atoms with Crippen molar-refractivity contribution in [3.05, 3.63) is 59.1 Å². The molecule has 0 fully saturated rings. The van der Waals surface area contributed by atoms with E-state index in [9.17, 15) is 13.2 Å². The van der Waals surface area contributed by atoms with Gasteiger partial charge < -0.3 is 4.74 Å². The number of halogens is 4. The number of aromatic nitrogens is 2. The highest BCUT2D eigenvalue weighted by molar-refractivity contribution is 6.32. The molecule has 2 aromatic carbocycles. The van der Waals surface area contributed by atoms with Crippen molar-refractivity contribution in [2.45, 2.75) is 13.2 Å². The normalized spacial score (nSPS) is 11.3. The van der Waals surface area contributed by atoms with E-state index in [-0.39, 0.29) is 23.2 Å². The van der Waals surface area contributed by atoms with Crippen molar-refractivity contribution in [2.75, 3.05) is 0 Å². The Labute approximate surface area is 128 Å². The van der Waals surface area contributed by atoms with E-state index < -0.39 is 12.4 Å². The predicted octanol–water partition coefficient (Wildman–Crippen LogP) is 4.80. The van der Waals surface area contributed by atoms with Crippen molar-refractivity contribution in [2.24, 2.45) is 0 Å². The van der Waals surface area contributed by atoms with Crippen LogP contribution in [0.3, 0.4) is 0 Å². The summed E-state index contributed by atoms with van der Waals surface area (Å²) in [6.45, 7) is -2.95. The SMILES string of the molecule is Fc1ccc(OCc2nc3ccccc3n2C(F)F)c(Cl)c1. The summed E-state index contributed by atoms with van der Waals surface area (Å²) in [4.78, 5) is 4.14. The number of ether oxygens (including phenoxy) is 1. The molecule has 0 aliphatic heterocycles. The van der Waals surface area contributed by atoms with Crippen LogP contribution in [0.4, 0.5) is 13.2 Å². The molecule has 0 saturated carbocycles. The van der Waals surface area contributed by atoms with Crippen LogP contribution in [0.2, 0.25) is 5.02 Å². The third-order valence-corrected chi connectivity index (χ3v) is 3.41. The van der Waals surface area contributed by atoms with Crippen LogP contribution in [0.5, 0.6) is 5.75 Å². The number of hydrogen-bond acceptors (Lipinski definition) is 2. The van der Waals surface area contributed by atoms with Gasteiger partial charge in [0.1, 0.15) is 18.2 Å². The molecule has 3 aromatic rings. The highest BCUT2D eigenvalue weighted by atomic mass is 35.5. The van der Waals surface area contributed by atoms with Gasteiger partial charge in [0, 0.05) is 0 Å². The summed E-state index contributed by atoms with van der Waals surface area (Å²) < 4.78 is 45.6. The van der Waals surface area contributed by atoms with Crippen LogP contribution in [0.1, 0.15) is 12.4 Å². The van der Waals surface area contributed by atoms with Crippen LogP contribution in [-0.4, -0.2) is 9.55 Å². The van der Waals surface area contributed by atoms with Gasteiger partial charge in [-0.3, -0.25) is 4.57 Å². The Kier molecular flexibility index (Phi) is 3.94. The highest BCUT2D eigenvalue weighted by Crippen LogP contribution is 2.27. The van der Waals surface area contributed by atoms with Gasteiger partial charge >= 0.3 is 6.55 Å². The Morgan fingerprint density at radius 1 is 1.18 bits per heavy atom. The highest BCUT2D eigenvalue weighted by Gasteiger charge is 2.18. The minimum atomic E-state index is -2.74. The topological polar surface area (TPSA) is 27.1 Å². The smallest absolute Gasteiger partial charge is 0.320 e. The predicted molar refractivity (Wildman–Crippen MR) is 76.7 cm³/mol. The van der Waals surface area contributed by atoms with E-state index in [4.69, 9.17) is 16.3 Å². The number of imidazole rings is 1. The molecule has 0 N–H and O–H groups in total. The monoisotopic (exact) mass is 326 g/mol. The number of alkyl halides is 2. The van der Waals surface area contributed by atoms with Crippen molar-refractivity contribution in [1.82, 2.24) is 9.55 Å². The van der Waals surface area contributed by atoms with Gasteiger partial charge in [0.05, 0.1) is 16.1 Å². The average molecular weight is 327 g/mol. The van der Waals surface area contributed by atoms with Crippen LogP contribution in [0.25, 0.3) is 11.0 Å². The number of nitrogens with zero attached hydrogens (tertiary/aromatic N) is 2. The molecule has 0 radical (unpaired) electrons. The first-order valence-electron chi connectivity index (χ1n) is 6.38. The Bertz CT molecular complexity index is 820. The molecule has 0 spiro atoms. The molecule has 0 aliphatic carbocycles. The van der Waals surface area contributed by atoms with Gasteiger partial charge in [-0.25, -0.2) is 9.37 Å². The minimum absolute atomic E-state index is 0.0663. The van der Waals surface area contributed by atoms with Gasteiger partial charge in [0.2, 0.25) is 0 Å². The van der Waals surface area contributed by atoms with Gasteiger partial charge in [-0.15, -0.1) is 0 Å². The van der Waals surface area contributed by atoms with Gasteiger partial charge in [-0.2, -0.15) is 8.78 Å². The molecule has 0 unspecified atom stereocenters. The van der Waals surface area contributed by atoms with Crippen LogP contribution in [0.15, 0.2) is 42.5 Å². The quantitative estimate of drug-likeness (QED) is 0.688. The van der Waals surface area contributed by atoms with Crippen LogP contribution >= 0.6 is 11.6 Å². The molecule has 3 rings (SSSR count). The summed E-state index contributed by atoms with van der Waals surface area (Å²) in [5.74, 6) is -0.232. The number of fused-ring (bicyclic) bond motifs is 1. The summed E-state index contributed by atoms with van der Waals surface area (Å²) in [5.41, 5.74) is 0.771. The molecule has 0 aliphatic rings. The molecule has 3 nitrogen and oxygen atoms in total. The van der Waals surface area contributed by atoms with Crippen molar-refractivity contribution in [3.8, 4) is 5.75 Å². The third kappa shape index (κ3) is 2.74. The Balaban J connectivity index is 1.92. The molecule has 22 heavy (non-hydrogen) atoms. The van der Waals surface area contributed by atoms with Crippen LogP contribution < -0.4 is 4.74 Å². The second kappa shape index (κ2) is 5.88. The van der Waals surface area contributed by atoms with Crippen LogP contribution in [-0.2, 0) is 6.61 Å². The van der Waals surface area contributed by atoms with Crippen molar-refractivity contribution in [3.63, 3.8) is 0 Å². The number of hydrogen-bond donors (Lipinski definition) is 0. The first kappa shape index (κ1) is 14.7. The molecule has 114 valence electrons. The lowest BCUT2D eigenvalue weighted by atomic mass is 10.3. The zero-order valence-electron chi connectivity index (χ0n) is 11.1. The van der Waals surface area contributed by atoms with Crippen LogP contribution in [0, 0.1) is 5.82 Å². The number of rotatable bonds is 4. The summed E-state index contributed by atoms with van der Waals surface area (Å²) in [7, 11) is 0. The molecule has 0 amide bonds. The maximum atomic E-state index is 13.2. The zero-order chi connectivity index (χ0) is 15.7. The van der Waals surface area contributed by atoms with Gasteiger partial charge in [0.25, 0.3) is 0 Å². The Morgan fingerprint density at radius 2 is 1.95 bits per heavy atom. The molecule has 0 bridgehead atoms. The first-order valence-corrected chi connectivity index (χ1v) is 6.76. The zero-order valence-corrected chi connectivity index (χ0v) is 11.9. The maximum Gasteiger partial charge on any atom is 0.320 e. The van der Waals surface area contributed by atoms with E-state index in [0.717, 1.165) is 10.6 Å². The van der Waals surface area contributed by atoms with E-state index >= 15 is 0 Å². The molecular formula is C15H10ClF3N2O. The second-order valence-corrected chi connectivity index (χ2v) is 4.94. The molecule has 0 atom stereocenters. The van der Waals surface area contributed by atoms with Crippen molar-refractivity contribution in [1.29, 1.82) is 0 Å². The molecule has 0 saturated heterocycles. The molecule has 1 heterocycles.